The molecule has 0 aliphatic heterocycles. The number of nitrogens with two attached hydrogens (primary N) is 2. The van der Waals surface area contributed by atoms with Gasteiger partial charge < -0.3 is 21.3 Å². The SMILES string of the molecule is CCCC[C@H](N)C(=O)O[C@@H](C)[C@@H](N)C(=O)O. The van der Waals surface area contributed by atoms with Crippen LogP contribution < -0.4 is 11.5 Å². The predicted octanol–water partition coefficient (Wildman–Crippen LogP) is -0.152. The van der Waals surface area contributed by atoms with Crippen molar-refractivity contribution >= 4 is 11.9 Å². The van der Waals surface area contributed by atoms with Crippen molar-refractivity contribution in [1.29, 1.82) is 0 Å². The molecule has 0 saturated carbocycles. The van der Waals surface area contributed by atoms with E-state index in [-0.39, 0.29) is 0 Å². The van der Waals surface area contributed by atoms with Crippen molar-refractivity contribution < 1.29 is 19.4 Å². The average Bonchev–Trinajstić information content (AvgIpc) is 2.24. The second kappa shape index (κ2) is 7.19. The van der Waals surface area contributed by atoms with Crippen molar-refractivity contribution in [2.24, 2.45) is 11.5 Å². The highest BCUT2D eigenvalue weighted by molar-refractivity contribution is 5.77. The molecule has 0 heterocycles. The van der Waals surface area contributed by atoms with Crippen LogP contribution in [0.3, 0.4) is 0 Å². The zero-order chi connectivity index (χ0) is 12.7. The molecule has 0 aromatic rings. The Morgan fingerprint density at radius 1 is 1.38 bits per heavy atom. The summed E-state index contributed by atoms with van der Waals surface area (Å²) in [4.78, 5) is 21.9. The number of carbonyl (C=O) groups is 2. The van der Waals surface area contributed by atoms with E-state index in [4.69, 9.17) is 21.3 Å². The normalized spacial score (nSPS) is 16.2. The Labute approximate surface area is 94.9 Å². The first kappa shape index (κ1) is 14.9. The average molecular weight is 232 g/mol. The fourth-order valence-electron chi connectivity index (χ4n) is 1.09. The Balaban J connectivity index is 4.07. The van der Waals surface area contributed by atoms with Gasteiger partial charge in [-0.2, -0.15) is 0 Å². The van der Waals surface area contributed by atoms with Crippen LogP contribution in [-0.4, -0.2) is 35.2 Å². The van der Waals surface area contributed by atoms with Crippen LogP contribution in [0, 0.1) is 0 Å². The molecule has 6 nitrogen and oxygen atoms in total. The second-order valence-electron chi connectivity index (χ2n) is 3.75. The number of ether oxygens (including phenoxy) is 1. The van der Waals surface area contributed by atoms with Gasteiger partial charge in [-0.1, -0.05) is 19.8 Å². The fourth-order valence-corrected chi connectivity index (χ4v) is 1.09. The van der Waals surface area contributed by atoms with Gasteiger partial charge in [0, 0.05) is 0 Å². The summed E-state index contributed by atoms with van der Waals surface area (Å²) in [6.07, 6.45) is 1.42. The van der Waals surface area contributed by atoms with Crippen molar-refractivity contribution in [3.8, 4) is 0 Å². The van der Waals surface area contributed by atoms with Crippen molar-refractivity contribution in [3.05, 3.63) is 0 Å². The topological polar surface area (TPSA) is 116 Å². The Bertz CT molecular complexity index is 245. The highest BCUT2D eigenvalue weighted by Crippen LogP contribution is 2.04. The van der Waals surface area contributed by atoms with Gasteiger partial charge in [0.25, 0.3) is 0 Å². The maximum atomic E-state index is 11.4. The lowest BCUT2D eigenvalue weighted by molar-refractivity contribution is -0.154. The van der Waals surface area contributed by atoms with E-state index < -0.39 is 30.1 Å². The number of hydrogen-bond donors (Lipinski definition) is 3. The van der Waals surface area contributed by atoms with Crippen molar-refractivity contribution in [1.82, 2.24) is 0 Å². The highest BCUT2D eigenvalue weighted by Gasteiger charge is 2.25. The lowest BCUT2D eigenvalue weighted by Gasteiger charge is -2.19. The highest BCUT2D eigenvalue weighted by atomic mass is 16.5. The molecule has 5 N–H and O–H groups in total. The summed E-state index contributed by atoms with van der Waals surface area (Å²) >= 11 is 0. The molecule has 0 aromatic heterocycles. The van der Waals surface area contributed by atoms with Gasteiger partial charge in [-0.25, -0.2) is 0 Å². The van der Waals surface area contributed by atoms with E-state index in [0.717, 1.165) is 12.8 Å². The molecule has 16 heavy (non-hydrogen) atoms. The molecular formula is C10H20N2O4. The summed E-state index contributed by atoms with van der Waals surface area (Å²) in [5, 5.41) is 8.60. The summed E-state index contributed by atoms with van der Waals surface area (Å²) in [5.74, 6) is -1.81. The zero-order valence-electron chi connectivity index (χ0n) is 9.68. The zero-order valence-corrected chi connectivity index (χ0v) is 9.68. The second-order valence-corrected chi connectivity index (χ2v) is 3.75. The molecule has 0 unspecified atom stereocenters. The molecule has 0 spiro atoms. The number of aliphatic carboxylic acids is 1. The third-order valence-electron chi connectivity index (χ3n) is 2.26. The summed E-state index contributed by atoms with van der Waals surface area (Å²) < 4.78 is 4.86. The molecule has 0 radical (unpaired) electrons. The monoisotopic (exact) mass is 232 g/mol. The molecule has 0 bridgehead atoms. The van der Waals surface area contributed by atoms with Crippen LogP contribution in [0.2, 0.25) is 0 Å². The Morgan fingerprint density at radius 3 is 2.38 bits per heavy atom. The molecule has 0 rings (SSSR count). The largest absolute Gasteiger partial charge is 0.480 e. The molecule has 0 saturated heterocycles. The first-order valence-electron chi connectivity index (χ1n) is 5.34. The number of rotatable bonds is 7. The lowest BCUT2D eigenvalue weighted by atomic mass is 10.1. The number of carbonyl (C=O) groups excluding carboxylic acids is 1. The smallest absolute Gasteiger partial charge is 0.324 e. The van der Waals surface area contributed by atoms with Crippen LogP contribution in [0.1, 0.15) is 33.1 Å². The van der Waals surface area contributed by atoms with Gasteiger partial charge in [0.2, 0.25) is 0 Å². The van der Waals surface area contributed by atoms with E-state index in [1.54, 1.807) is 0 Å². The van der Waals surface area contributed by atoms with Gasteiger partial charge in [-0.15, -0.1) is 0 Å². The minimum absolute atomic E-state index is 0.532. The number of carboxylic acids is 1. The molecular weight excluding hydrogens is 212 g/mol. The third kappa shape index (κ3) is 5.09. The van der Waals surface area contributed by atoms with E-state index in [1.165, 1.54) is 6.92 Å². The van der Waals surface area contributed by atoms with Crippen LogP contribution >= 0.6 is 0 Å². The minimum atomic E-state index is -1.22. The van der Waals surface area contributed by atoms with Gasteiger partial charge in [0.15, 0.2) is 0 Å². The number of unbranched alkanes of at least 4 members (excludes halogenated alkanes) is 1. The van der Waals surface area contributed by atoms with E-state index in [2.05, 4.69) is 0 Å². The van der Waals surface area contributed by atoms with E-state index in [0.29, 0.717) is 6.42 Å². The summed E-state index contributed by atoms with van der Waals surface area (Å²) in [6, 6.07) is -1.93. The molecule has 6 heteroatoms. The van der Waals surface area contributed by atoms with E-state index >= 15 is 0 Å². The van der Waals surface area contributed by atoms with Gasteiger partial charge >= 0.3 is 11.9 Å². The summed E-state index contributed by atoms with van der Waals surface area (Å²) in [5.41, 5.74) is 10.9. The van der Waals surface area contributed by atoms with Crippen LogP contribution in [-0.2, 0) is 14.3 Å². The molecule has 94 valence electrons. The molecule has 0 fully saturated rings. The standard InChI is InChI=1S/C10H20N2O4/c1-3-4-5-7(11)10(15)16-6(2)8(12)9(13)14/h6-8H,3-5,11-12H2,1-2H3,(H,13,14)/t6-,7-,8+/m0/s1. The Hall–Kier alpha value is -1.14. The quantitative estimate of drug-likeness (QED) is 0.525. The Morgan fingerprint density at radius 2 is 1.94 bits per heavy atom. The van der Waals surface area contributed by atoms with Crippen LogP contribution in [0.5, 0.6) is 0 Å². The summed E-state index contributed by atoms with van der Waals surface area (Å²) in [7, 11) is 0. The predicted molar refractivity (Wildman–Crippen MR) is 58.7 cm³/mol. The van der Waals surface area contributed by atoms with Gasteiger partial charge in [-0.05, 0) is 13.3 Å². The van der Waals surface area contributed by atoms with Crippen LogP contribution in [0.25, 0.3) is 0 Å². The van der Waals surface area contributed by atoms with E-state index in [1.807, 2.05) is 6.92 Å². The first-order chi connectivity index (χ1) is 7.40. The van der Waals surface area contributed by atoms with Gasteiger partial charge in [0.1, 0.15) is 18.2 Å². The molecule has 3 atom stereocenters. The fraction of sp³-hybridized carbons (Fsp3) is 0.800. The molecule has 0 amide bonds. The van der Waals surface area contributed by atoms with Crippen LogP contribution in [0.4, 0.5) is 0 Å². The lowest BCUT2D eigenvalue weighted by Crippen LogP contribution is -2.45. The maximum absolute atomic E-state index is 11.4. The van der Waals surface area contributed by atoms with Crippen molar-refractivity contribution in [2.75, 3.05) is 0 Å². The number of carboxylic acid groups (broad SMARTS) is 1. The van der Waals surface area contributed by atoms with Gasteiger partial charge in [-0.3, -0.25) is 9.59 Å². The van der Waals surface area contributed by atoms with Crippen molar-refractivity contribution in [2.45, 2.75) is 51.3 Å². The van der Waals surface area contributed by atoms with E-state index in [9.17, 15) is 9.59 Å². The third-order valence-corrected chi connectivity index (χ3v) is 2.26. The molecule has 0 aromatic carbocycles. The minimum Gasteiger partial charge on any atom is -0.480 e. The first-order valence-corrected chi connectivity index (χ1v) is 5.34. The molecule has 0 aliphatic carbocycles. The molecule has 0 aliphatic rings. The summed E-state index contributed by atoms with van der Waals surface area (Å²) in [6.45, 7) is 3.42. The van der Waals surface area contributed by atoms with Crippen molar-refractivity contribution in [3.63, 3.8) is 0 Å². The Kier molecular flexibility index (Phi) is 6.67. The van der Waals surface area contributed by atoms with Crippen LogP contribution in [0.15, 0.2) is 0 Å². The maximum Gasteiger partial charge on any atom is 0.324 e. The number of hydrogen-bond acceptors (Lipinski definition) is 5. The number of esters is 1. The van der Waals surface area contributed by atoms with Gasteiger partial charge in [0.05, 0.1) is 0 Å².